The molecule has 2 heterocycles. The number of piperidine rings is 1. The highest BCUT2D eigenvalue weighted by Gasteiger charge is 2.44. The molecule has 2 fully saturated rings. The number of carbonyl (C=O) groups is 1. The van der Waals surface area contributed by atoms with Gasteiger partial charge in [0, 0.05) is 24.6 Å². The summed E-state index contributed by atoms with van der Waals surface area (Å²) < 4.78 is 0. The Kier molecular flexibility index (Phi) is 4.38. The quantitative estimate of drug-likeness (QED) is 0.888. The largest absolute Gasteiger partial charge is 0.389 e. The van der Waals surface area contributed by atoms with Crippen molar-refractivity contribution in [2.24, 2.45) is 5.92 Å². The molecule has 1 N–H and O–H groups in total. The van der Waals surface area contributed by atoms with Gasteiger partial charge in [-0.05, 0) is 26.2 Å². The van der Waals surface area contributed by atoms with E-state index in [4.69, 9.17) is 0 Å². The number of rotatable bonds is 2. The minimum absolute atomic E-state index is 0.0739. The number of benzene rings is 1. The molecule has 1 saturated carbocycles. The van der Waals surface area contributed by atoms with Crippen LogP contribution in [0.2, 0.25) is 0 Å². The summed E-state index contributed by atoms with van der Waals surface area (Å²) in [5.41, 5.74) is 1.31. The normalized spacial score (nSPS) is 26.3. The van der Waals surface area contributed by atoms with E-state index in [1.54, 1.807) is 0 Å². The number of aryl methyl sites for hydroxylation is 1. The molecule has 0 spiro atoms. The maximum absolute atomic E-state index is 13.1. The predicted molar refractivity (Wildman–Crippen MR) is 99.7 cm³/mol. The first-order valence-electron chi connectivity index (χ1n) is 9.11. The number of fused-ring (bicyclic) bond motifs is 1. The molecule has 132 valence electrons. The summed E-state index contributed by atoms with van der Waals surface area (Å²) in [5.74, 6) is 0.297. The van der Waals surface area contributed by atoms with Gasteiger partial charge in [-0.2, -0.15) is 0 Å². The van der Waals surface area contributed by atoms with Crippen LogP contribution in [0.15, 0.2) is 30.3 Å². The fraction of sp³-hybridized carbons (Fsp3) is 0.500. The third-order valence-corrected chi connectivity index (χ3v) is 6.92. The molecule has 5 heteroatoms. The topological polar surface area (TPSA) is 53.4 Å². The summed E-state index contributed by atoms with van der Waals surface area (Å²) in [7, 11) is 0. The van der Waals surface area contributed by atoms with Crippen LogP contribution in [0.1, 0.15) is 47.5 Å². The highest BCUT2D eigenvalue weighted by Crippen LogP contribution is 2.40. The fourth-order valence-corrected chi connectivity index (χ4v) is 5.24. The molecule has 4 nitrogen and oxygen atoms in total. The standard InChI is InChI=1S/C20H24N2O2S/c1-14-17(25-18(21-14)15-7-3-2-4-8-15)19(23)22-12-11-20(24)10-6-5-9-16(20)13-22/h2-4,7-8,16,24H,5-6,9-13H2,1H3/t16-,20-/m0/s1. The average molecular weight is 356 g/mol. The van der Waals surface area contributed by atoms with E-state index < -0.39 is 5.60 Å². The molecule has 1 amide bonds. The summed E-state index contributed by atoms with van der Waals surface area (Å²) in [6.07, 6.45) is 4.88. The van der Waals surface area contributed by atoms with E-state index in [1.807, 2.05) is 42.2 Å². The zero-order valence-electron chi connectivity index (χ0n) is 14.6. The number of thiazole rings is 1. The van der Waals surface area contributed by atoms with E-state index in [9.17, 15) is 9.90 Å². The number of aliphatic hydroxyl groups is 1. The van der Waals surface area contributed by atoms with Gasteiger partial charge in [0.25, 0.3) is 5.91 Å². The van der Waals surface area contributed by atoms with Gasteiger partial charge in [-0.3, -0.25) is 4.79 Å². The van der Waals surface area contributed by atoms with Crippen LogP contribution in [0, 0.1) is 12.8 Å². The second-order valence-corrected chi connectivity index (χ2v) is 8.35. The molecular weight excluding hydrogens is 332 g/mol. The average Bonchev–Trinajstić information content (AvgIpc) is 3.03. The SMILES string of the molecule is Cc1nc(-c2ccccc2)sc1C(=O)N1CC[C@@]2(O)CCCC[C@H]2C1. The number of aromatic nitrogens is 1. The Morgan fingerprint density at radius 1 is 1.28 bits per heavy atom. The second kappa shape index (κ2) is 6.54. The summed E-state index contributed by atoms with van der Waals surface area (Å²) in [5, 5.41) is 11.7. The molecule has 1 aliphatic heterocycles. The van der Waals surface area contributed by atoms with Crippen molar-refractivity contribution >= 4 is 17.2 Å². The van der Waals surface area contributed by atoms with Crippen LogP contribution in [-0.4, -0.2) is 39.6 Å². The smallest absolute Gasteiger partial charge is 0.265 e. The molecule has 1 aliphatic carbocycles. The first-order chi connectivity index (χ1) is 12.1. The van der Waals surface area contributed by atoms with Crippen molar-refractivity contribution in [3.05, 3.63) is 40.9 Å². The highest BCUT2D eigenvalue weighted by molar-refractivity contribution is 7.17. The number of hydrogen-bond acceptors (Lipinski definition) is 4. The van der Waals surface area contributed by atoms with E-state index in [0.29, 0.717) is 19.5 Å². The summed E-state index contributed by atoms with van der Waals surface area (Å²) >= 11 is 1.48. The highest BCUT2D eigenvalue weighted by atomic mass is 32.1. The van der Waals surface area contributed by atoms with Crippen LogP contribution in [-0.2, 0) is 0 Å². The van der Waals surface area contributed by atoms with Gasteiger partial charge in [-0.25, -0.2) is 4.98 Å². The lowest BCUT2D eigenvalue weighted by atomic mass is 9.71. The fourth-order valence-electron chi connectivity index (χ4n) is 4.20. The van der Waals surface area contributed by atoms with Crippen molar-refractivity contribution < 1.29 is 9.90 Å². The number of amides is 1. The maximum atomic E-state index is 13.1. The number of nitrogens with zero attached hydrogens (tertiary/aromatic N) is 2. The Bertz CT molecular complexity index is 773. The minimum atomic E-state index is -0.549. The monoisotopic (exact) mass is 356 g/mol. The number of likely N-dealkylation sites (tertiary alicyclic amines) is 1. The lowest BCUT2D eigenvalue weighted by Gasteiger charge is -2.47. The zero-order valence-corrected chi connectivity index (χ0v) is 15.4. The molecule has 25 heavy (non-hydrogen) atoms. The van der Waals surface area contributed by atoms with Crippen LogP contribution in [0.25, 0.3) is 10.6 Å². The number of hydrogen-bond donors (Lipinski definition) is 1. The van der Waals surface area contributed by atoms with E-state index >= 15 is 0 Å². The predicted octanol–water partition coefficient (Wildman–Crippen LogP) is 3.89. The number of carbonyl (C=O) groups excluding carboxylic acids is 1. The van der Waals surface area contributed by atoms with Gasteiger partial charge in [0.1, 0.15) is 9.88 Å². The first kappa shape index (κ1) is 16.7. The third-order valence-electron chi connectivity index (χ3n) is 5.73. The van der Waals surface area contributed by atoms with Gasteiger partial charge in [0.15, 0.2) is 0 Å². The Balaban J connectivity index is 1.55. The van der Waals surface area contributed by atoms with E-state index in [-0.39, 0.29) is 11.8 Å². The molecule has 1 saturated heterocycles. The molecule has 4 rings (SSSR count). The summed E-state index contributed by atoms with van der Waals surface area (Å²) in [6, 6.07) is 10.0. The van der Waals surface area contributed by atoms with E-state index in [0.717, 1.165) is 46.8 Å². The molecule has 2 aromatic rings. The summed E-state index contributed by atoms with van der Waals surface area (Å²) in [6.45, 7) is 3.23. The molecule has 2 aliphatic rings. The van der Waals surface area contributed by atoms with Crippen LogP contribution in [0.4, 0.5) is 0 Å². The molecule has 0 radical (unpaired) electrons. The van der Waals surface area contributed by atoms with Crippen LogP contribution in [0.5, 0.6) is 0 Å². The van der Waals surface area contributed by atoms with Crippen molar-refractivity contribution in [2.45, 2.75) is 44.6 Å². The Hall–Kier alpha value is -1.72. The molecule has 1 aromatic carbocycles. The molecule has 0 bridgehead atoms. The third kappa shape index (κ3) is 3.11. The Labute approximate surface area is 152 Å². The van der Waals surface area contributed by atoms with E-state index in [2.05, 4.69) is 4.98 Å². The Morgan fingerprint density at radius 2 is 2.08 bits per heavy atom. The lowest BCUT2D eigenvalue weighted by Crippen LogP contribution is -2.54. The van der Waals surface area contributed by atoms with Gasteiger partial charge in [0.05, 0.1) is 11.3 Å². The lowest BCUT2D eigenvalue weighted by molar-refractivity contribution is -0.0885. The van der Waals surface area contributed by atoms with Crippen molar-refractivity contribution in [1.29, 1.82) is 0 Å². The molecule has 1 aromatic heterocycles. The van der Waals surface area contributed by atoms with Gasteiger partial charge in [-0.1, -0.05) is 43.2 Å². The van der Waals surface area contributed by atoms with Crippen LogP contribution in [0.3, 0.4) is 0 Å². The summed E-state index contributed by atoms with van der Waals surface area (Å²) in [4.78, 5) is 20.3. The van der Waals surface area contributed by atoms with Gasteiger partial charge < -0.3 is 10.0 Å². The molecule has 0 unspecified atom stereocenters. The van der Waals surface area contributed by atoms with Crippen molar-refractivity contribution in [2.75, 3.05) is 13.1 Å². The van der Waals surface area contributed by atoms with Gasteiger partial charge in [-0.15, -0.1) is 11.3 Å². The van der Waals surface area contributed by atoms with E-state index in [1.165, 1.54) is 11.3 Å². The zero-order chi connectivity index (χ0) is 17.4. The molecular formula is C20H24N2O2S. The van der Waals surface area contributed by atoms with Gasteiger partial charge in [0.2, 0.25) is 0 Å². The van der Waals surface area contributed by atoms with Crippen molar-refractivity contribution in [3.8, 4) is 10.6 Å². The van der Waals surface area contributed by atoms with Gasteiger partial charge >= 0.3 is 0 Å². The second-order valence-electron chi connectivity index (χ2n) is 7.35. The maximum Gasteiger partial charge on any atom is 0.265 e. The first-order valence-corrected chi connectivity index (χ1v) is 9.93. The molecule has 2 atom stereocenters. The van der Waals surface area contributed by atoms with Crippen molar-refractivity contribution in [1.82, 2.24) is 9.88 Å². The minimum Gasteiger partial charge on any atom is -0.389 e. The van der Waals surface area contributed by atoms with Crippen molar-refractivity contribution in [3.63, 3.8) is 0 Å². The van der Waals surface area contributed by atoms with Crippen LogP contribution < -0.4 is 0 Å². The Morgan fingerprint density at radius 3 is 2.88 bits per heavy atom. The van der Waals surface area contributed by atoms with Crippen LogP contribution >= 0.6 is 11.3 Å².